The van der Waals surface area contributed by atoms with Crippen molar-refractivity contribution in [2.75, 3.05) is 26.2 Å². The molecule has 0 aromatic carbocycles. The zero-order chi connectivity index (χ0) is 9.56. The molecule has 0 saturated heterocycles. The number of hydrogen-bond acceptors (Lipinski definition) is 3. The van der Waals surface area contributed by atoms with E-state index in [-0.39, 0.29) is 13.2 Å². The number of hydrogen-bond donors (Lipinski definition) is 2. The normalized spacial score (nSPS) is 11.1. The molecule has 0 aromatic heterocycles. The topological polar surface area (TPSA) is 60.8 Å². The Bertz CT molecular complexity index is 136. The summed E-state index contributed by atoms with van der Waals surface area (Å²) in [5, 5.41) is 17.1. The van der Waals surface area contributed by atoms with Crippen LogP contribution in [0.5, 0.6) is 0 Å². The average Bonchev–Trinajstić information content (AvgIpc) is 1.84. The molecule has 0 radical (unpaired) electrons. The number of carboxylic acids is 1. The molecule has 72 valence electrons. The summed E-state index contributed by atoms with van der Waals surface area (Å²) in [6, 6.07) is 0. The molecule has 0 bridgehead atoms. The number of aliphatic hydroxyl groups is 1. The van der Waals surface area contributed by atoms with Gasteiger partial charge in [-0.25, -0.2) is 0 Å². The monoisotopic (exact) mass is 175 g/mol. The fraction of sp³-hybridized carbons (Fsp3) is 0.875. The third-order valence-corrected chi connectivity index (χ3v) is 1.40. The molecule has 0 aliphatic heterocycles. The summed E-state index contributed by atoms with van der Waals surface area (Å²) < 4.78 is 0. The fourth-order valence-electron chi connectivity index (χ4n) is 1.08. The fourth-order valence-corrected chi connectivity index (χ4v) is 1.08. The molecule has 0 amide bonds. The van der Waals surface area contributed by atoms with E-state index in [1.165, 1.54) is 0 Å². The van der Waals surface area contributed by atoms with Gasteiger partial charge in [-0.2, -0.15) is 0 Å². The lowest BCUT2D eigenvalue weighted by Crippen LogP contribution is -2.35. The van der Waals surface area contributed by atoms with Gasteiger partial charge in [0.05, 0.1) is 13.2 Å². The number of carbonyl (C=O) groups is 1. The van der Waals surface area contributed by atoms with Gasteiger partial charge < -0.3 is 10.2 Å². The van der Waals surface area contributed by atoms with Gasteiger partial charge in [-0.05, 0) is 5.92 Å². The van der Waals surface area contributed by atoms with E-state index in [2.05, 4.69) is 0 Å². The van der Waals surface area contributed by atoms with Gasteiger partial charge in [0.15, 0.2) is 0 Å². The summed E-state index contributed by atoms with van der Waals surface area (Å²) >= 11 is 0. The van der Waals surface area contributed by atoms with Crippen LogP contribution in [0.1, 0.15) is 13.8 Å². The predicted octanol–water partition coefficient (Wildman–Crippen LogP) is 0.0213. The van der Waals surface area contributed by atoms with Gasteiger partial charge in [-0.15, -0.1) is 0 Å². The standard InChI is InChI=1S/C8H17NO3/c1-7(2)5-9(3-4-10)6-8(11)12/h7,10H,3-6H2,1-2H3,(H,11,12). The molecule has 0 unspecified atom stereocenters. The second-order valence-electron chi connectivity index (χ2n) is 3.25. The van der Waals surface area contributed by atoms with Crippen LogP contribution >= 0.6 is 0 Å². The molecule has 0 saturated carbocycles. The van der Waals surface area contributed by atoms with E-state index in [0.29, 0.717) is 19.0 Å². The largest absolute Gasteiger partial charge is 0.480 e. The van der Waals surface area contributed by atoms with Gasteiger partial charge in [0.1, 0.15) is 0 Å². The number of rotatable bonds is 6. The SMILES string of the molecule is CC(C)CN(CCO)CC(=O)O. The Labute approximate surface area is 72.8 Å². The first-order valence-corrected chi connectivity index (χ1v) is 4.11. The summed E-state index contributed by atoms with van der Waals surface area (Å²) in [6.07, 6.45) is 0. The summed E-state index contributed by atoms with van der Waals surface area (Å²) in [4.78, 5) is 12.1. The highest BCUT2D eigenvalue weighted by molar-refractivity contribution is 5.69. The maximum atomic E-state index is 10.3. The van der Waals surface area contributed by atoms with E-state index in [1.807, 2.05) is 13.8 Å². The van der Waals surface area contributed by atoms with Crippen molar-refractivity contribution in [2.45, 2.75) is 13.8 Å². The molecular weight excluding hydrogens is 158 g/mol. The molecule has 0 aliphatic carbocycles. The van der Waals surface area contributed by atoms with Crippen molar-refractivity contribution in [1.82, 2.24) is 4.90 Å². The van der Waals surface area contributed by atoms with E-state index in [4.69, 9.17) is 10.2 Å². The zero-order valence-electron chi connectivity index (χ0n) is 7.66. The summed E-state index contributed by atoms with van der Waals surface area (Å²) in [6.45, 7) is 5.22. The van der Waals surface area contributed by atoms with Crippen molar-refractivity contribution in [3.05, 3.63) is 0 Å². The smallest absolute Gasteiger partial charge is 0.317 e. The molecule has 0 aromatic rings. The minimum absolute atomic E-state index is 0.0126. The van der Waals surface area contributed by atoms with Crippen LogP contribution in [0.3, 0.4) is 0 Å². The van der Waals surface area contributed by atoms with Crippen molar-refractivity contribution in [1.29, 1.82) is 0 Å². The van der Waals surface area contributed by atoms with Crippen molar-refractivity contribution >= 4 is 5.97 Å². The molecule has 12 heavy (non-hydrogen) atoms. The third kappa shape index (κ3) is 6.12. The lowest BCUT2D eigenvalue weighted by molar-refractivity contribution is -0.138. The Balaban J connectivity index is 3.77. The first-order chi connectivity index (χ1) is 5.56. The molecular formula is C8H17NO3. The van der Waals surface area contributed by atoms with Crippen molar-refractivity contribution in [2.24, 2.45) is 5.92 Å². The quantitative estimate of drug-likeness (QED) is 0.597. The highest BCUT2D eigenvalue weighted by Crippen LogP contribution is 1.97. The van der Waals surface area contributed by atoms with Gasteiger partial charge in [0, 0.05) is 13.1 Å². The number of aliphatic hydroxyl groups excluding tert-OH is 1. The van der Waals surface area contributed by atoms with Gasteiger partial charge in [-0.3, -0.25) is 9.69 Å². The minimum atomic E-state index is -0.843. The number of carboxylic acid groups (broad SMARTS) is 1. The molecule has 4 heteroatoms. The van der Waals surface area contributed by atoms with Crippen LogP contribution < -0.4 is 0 Å². The number of aliphatic carboxylic acids is 1. The van der Waals surface area contributed by atoms with Crippen molar-refractivity contribution in [3.63, 3.8) is 0 Å². The third-order valence-electron chi connectivity index (χ3n) is 1.40. The minimum Gasteiger partial charge on any atom is -0.480 e. The van der Waals surface area contributed by atoms with Crippen LogP contribution in [0, 0.1) is 5.92 Å². The molecule has 0 atom stereocenters. The molecule has 0 aliphatic rings. The Kier molecular flexibility index (Phi) is 5.66. The van der Waals surface area contributed by atoms with Crippen LogP contribution in [-0.2, 0) is 4.79 Å². The van der Waals surface area contributed by atoms with E-state index in [9.17, 15) is 4.79 Å². The molecule has 4 nitrogen and oxygen atoms in total. The van der Waals surface area contributed by atoms with Crippen LogP contribution in [0.4, 0.5) is 0 Å². The van der Waals surface area contributed by atoms with Crippen LogP contribution in [0.2, 0.25) is 0 Å². The Hall–Kier alpha value is -0.610. The summed E-state index contributed by atoms with van der Waals surface area (Å²) in [5.74, 6) is -0.417. The van der Waals surface area contributed by atoms with Crippen LogP contribution in [0.15, 0.2) is 0 Å². The van der Waals surface area contributed by atoms with E-state index >= 15 is 0 Å². The molecule has 2 N–H and O–H groups in total. The first-order valence-electron chi connectivity index (χ1n) is 4.11. The molecule has 0 rings (SSSR count). The van der Waals surface area contributed by atoms with Gasteiger partial charge >= 0.3 is 5.97 Å². The first kappa shape index (κ1) is 11.4. The average molecular weight is 175 g/mol. The lowest BCUT2D eigenvalue weighted by atomic mass is 10.2. The van der Waals surface area contributed by atoms with Gasteiger partial charge in [-0.1, -0.05) is 13.8 Å². The number of nitrogens with zero attached hydrogens (tertiary/aromatic N) is 1. The van der Waals surface area contributed by atoms with E-state index in [0.717, 1.165) is 0 Å². The molecule has 0 spiro atoms. The van der Waals surface area contributed by atoms with Crippen molar-refractivity contribution < 1.29 is 15.0 Å². The van der Waals surface area contributed by atoms with Gasteiger partial charge in [0.25, 0.3) is 0 Å². The molecule has 0 heterocycles. The predicted molar refractivity (Wildman–Crippen MR) is 46.0 cm³/mol. The lowest BCUT2D eigenvalue weighted by Gasteiger charge is -2.20. The van der Waals surface area contributed by atoms with E-state index in [1.54, 1.807) is 4.90 Å². The maximum Gasteiger partial charge on any atom is 0.317 e. The van der Waals surface area contributed by atoms with Gasteiger partial charge in [0.2, 0.25) is 0 Å². The Morgan fingerprint density at radius 2 is 2.08 bits per heavy atom. The summed E-state index contributed by atoms with van der Waals surface area (Å²) in [7, 11) is 0. The van der Waals surface area contributed by atoms with Crippen LogP contribution in [0.25, 0.3) is 0 Å². The second kappa shape index (κ2) is 5.97. The van der Waals surface area contributed by atoms with Crippen LogP contribution in [-0.4, -0.2) is 47.3 Å². The Morgan fingerprint density at radius 1 is 1.50 bits per heavy atom. The second-order valence-corrected chi connectivity index (χ2v) is 3.25. The zero-order valence-corrected chi connectivity index (χ0v) is 7.66. The summed E-state index contributed by atoms with van der Waals surface area (Å²) in [5.41, 5.74) is 0. The highest BCUT2D eigenvalue weighted by atomic mass is 16.4. The molecule has 0 fully saturated rings. The van der Waals surface area contributed by atoms with E-state index < -0.39 is 5.97 Å². The van der Waals surface area contributed by atoms with Crippen molar-refractivity contribution in [3.8, 4) is 0 Å². The highest BCUT2D eigenvalue weighted by Gasteiger charge is 2.09. The Morgan fingerprint density at radius 3 is 2.42 bits per heavy atom. The maximum absolute atomic E-state index is 10.3.